The van der Waals surface area contributed by atoms with Crippen LogP contribution in [0.5, 0.6) is 0 Å². The Labute approximate surface area is 180 Å². The largest absolute Gasteiger partial charge is 0.444 e. The topological polar surface area (TPSA) is 78.0 Å². The van der Waals surface area contributed by atoms with Crippen molar-refractivity contribution in [2.75, 3.05) is 34.2 Å². The van der Waals surface area contributed by atoms with Crippen LogP contribution < -0.4 is 16.0 Å². The van der Waals surface area contributed by atoms with E-state index in [0.29, 0.717) is 25.6 Å². The summed E-state index contributed by atoms with van der Waals surface area (Å²) in [5.74, 6) is 0.688. The molecule has 0 saturated heterocycles. The Morgan fingerprint density at radius 3 is 2.11 bits per heavy atom. The molecule has 0 bridgehead atoms. The summed E-state index contributed by atoms with van der Waals surface area (Å²) >= 11 is 0. The number of amides is 1. The normalized spacial score (nSPS) is 11.6. The van der Waals surface area contributed by atoms with Gasteiger partial charge >= 0.3 is 6.09 Å². The van der Waals surface area contributed by atoms with Crippen molar-refractivity contribution in [1.82, 2.24) is 20.9 Å². The van der Waals surface area contributed by atoms with Gasteiger partial charge in [0.2, 0.25) is 0 Å². The summed E-state index contributed by atoms with van der Waals surface area (Å²) in [5, 5.41) is 9.12. The van der Waals surface area contributed by atoms with E-state index in [1.165, 1.54) is 11.1 Å². The Bertz CT molecular complexity index is 583. The fourth-order valence-electron chi connectivity index (χ4n) is 2.19. The number of nitrogens with one attached hydrogen (secondary N) is 3. The molecule has 0 aliphatic carbocycles. The lowest BCUT2D eigenvalue weighted by Gasteiger charge is -2.20. The minimum absolute atomic E-state index is 0. The molecule has 0 unspecified atom stereocenters. The van der Waals surface area contributed by atoms with Gasteiger partial charge in [-0.3, -0.25) is 4.99 Å². The first-order chi connectivity index (χ1) is 12.2. The fraction of sp³-hybridized carbons (Fsp3) is 0.579. The van der Waals surface area contributed by atoms with E-state index in [1.54, 1.807) is 7.05 Å². The van der Waals surface area contributed by atoms with Crippen LogP contribution in [0.4, 0.5) is 4.79 Å². The second-order valence-corrected chi connectivity index (χ2v) is 7.34. The van der Waals surface area contributed by atoms with Gasteiger partial charge in [0.25, 0.3) is 0 Å². The number of hydrogen-bond acceptors (Lipinski definition) is 4. The first-order valence-electron chi connectivity index (χ1n) is 8.83. The second-order valence-electron chi connectivity index (χ2n) is 7.34. The molecule has 0 heterocycles. The van der Waals surface area contributed by atoms with E-state index in [9.17, 15) is 4.79 Å². The molecule has 7 nitrogen and oxygen atoms in total. The van der Waals surface area contributed by atoms with Gasteiger partial charge in [-0.15, -0.1) is 24.0 Å². The van der Waals surface area contributed by atoms with Crippen LogP contribution in [0.3, 0.4) is 0 Å². The molecule has 0 fully saturated rings. The molecule has 0 aromatic heterocycles. The zero-order valence-electron chi connectivity index (χ0n) is 17.3. The van der Waals surface area contributed by atoms with Crippen LogP contribution in [-0.4, -0.2) is 56.8 Å². The van der Waals surface area contributed by atoms with Gasteiger partial charge in [-0.2, -0.15) is 0 Å². The summed E-state index contributed by atoms with van der Waals surface area (Å²) in [6, 6.07) is 8.50. The number of nitrogens with zero attached hydrogens (tertiary/aromatic N) is 2. The maximum absolute atomic E-state index is 11.6. The number of hydrogen-bond donors (Lipinski definition) is 3. The van der Waals surface area contributed by atoms with E-state index < -0.39 is 11.7 Å². The Balaban J connectivity index is 0.00000676. The third-order valence-corrected chi connectivity index (χ3v) is 3.29. The number of halogens is 1. The van der Waals surface area contributed by atoms with Crippen LogP contribution in [0.2, 0.25) is 0 Å². The Hall–Kier alpha value is -1.55. The Kier molecular flexibility index (Phi) is 12.0. The van der Waals surface area contributed by atoms with Crippen molar-refractivity contribution < 1.29 is 9.53 Å². The Morgan fingerprint density at radius 2 is 1.59 bits per heavy atom. The van der Waals surface area contributed by atoms with Gasteiger partial charge in [0.05, 0.1) is 0 Å². The van der Waals surface area contributed by atoms with Crippen molar-refractivity contribution in [1.29, 1.82) is 0 Å². The van der Waals surface area contributed by atoms with Crippen molar-refractivity contribution >= 4 is 36.0 Å². The number of guanidine groups is 1. The Morgan fingerprint density at radius 1 is 1.04 bits per heavy atom. The zero-order valence-corrected chi connectivity index (χ0v) is 19.6. The number of benzene rings is 1. The molecule has 1 aromatic rings. The number of rotatable bonds is 7. The molecule has 0 aliphatic heterocycles. The molecule has 3 N–H and O–H groups in total. The van der Waals surface area contributed by atoms with Gasteiger partial charge in [0.15, 0.2) is 5.96 Å². The highest BCUT2D eigenvalue weighted by molar-refractivity contribution is 14.0. The van der Waals surface area contributed by atoms with E-state index in [4.69, 9.17) is 4.74 Å². The summed E-state index contributed by atoms with van der Waals surface area (Å²) in [5.41, 5.74) is 1.98. The van der Waals surface area contributed by atoms with E-state index >= 15 is 0 Å². The van der Waals surface area contributed by atoms with Crippen molar-refractivity contribution in [3.05, 3.63) is 35.4 Å². The van der Waals surface area contributed by atoms with Crippen molar-refractivity contribution in [3.63, 3.8) is 0 Å². The van der Waals surface area contributed by atoms with Gasteiger partial charge in [-0.25, -0.2) is 4.79 Å². The summed E-state index contributed by atoms with van der Waals surface area (Å²) in [7, 11) is 5.84. The monoisotopic (exact) mass is 491 g/mol. The van der Waals surface area contributed by atoms with Crippen LogP contribution in [-0.2, 0) is 17.8 Å². The molecule has 1 aromatic carbocycles. The van der Waals surface area contributed by atoms with E-state index in [0.717, 1.165) is 6.54 Å². The molecule has 0 aliphatic rings. The van der Waals surface area contributed by atoms with Gasteiger partial charge in [0, 0.05) is 33.2 Å². The smallest absolute Gasteiger partial charge is 0.407 e. The lowest BCUT2D eigenvalue weighted by Crippen LogP contribution is -2.42. The van der Waals surface area contributed by atoms with Crippen LogP contribution in [0, 0.1) is 0 Å². The quantitative estimate of drug-likeness (QED) is 0.237. The standard InChI is InChI=1S/C19H33N5O2.HI/c1-19(2,3)26-18(25)22-12-11-21-17(20-4)23-13-15-7-9-16(10-8-15)14-24(5)6;/h7-10H,11-14H2,1-6H3,(H,22,25)(H2,20,21,23);1H. The van der Waals surface area contributed by atoms with Gasteiger partial charge < -0.3 is 25.6 Å². The summed E-state index contributed by atoms with van der Waals surface area (Å²) in [4.78, 5) is 17.9. The first kappa shape index (κ1) is 25.4. The molecule has 0 radical (unpaired) electrons. The maximum Gasteiger partial charge on any atom is 0.407 e. The predicted octanol–water partition coefficient (Wildman–Crippen LogP) is 2.56. The van der Waals surface area contributed by atoms with Crippen LogP contribution in [0.25, 0.3) is 0 Å². The first-order valence-corrected chi connectivity index (χ1v) is 8.83. The molecular weight excluding hydrogens is 457 g/mol. The van der Waals surface area contributed by atoms with E-state index in [2.05, 4.69) is 64.2 Å². The summed E-state index contributed by atoms with van der Waals surface area (Å²) in [6.45, 7) is 8.13. The van der Waals surface area contributed by atoms with E-state index in [-0.39, 0.29) is 24.0 Å². The van der Waals surface area contributed by atoms with Gasteiger partial charge in [-0.05, 0) is 46.0 Å². The summed E-state index contributed by atoms with van der Waals surface area (Å²) in [6.07, 6.45) is -0.417. The predicted molar refractivity (Wildman–Crippen MR) is 122 cm³/mol. The van der Waals surface area contributed by atoms with E-state index in [1.807, 2.05) is 20.8 Å². The van der Waals surface area contributed by atoms with Crippen LogP contribution in [0.1, 0.15) is 31.9 Å². The highest BCUT2D eigenvalue weighted by Gasteiger charge is 2.15. The molecule has 0 saturated carbocycles. The molecule has 0 spiro atoms. The molecule has 1 amide bonds. The number of ether oxygens (including phenoxy) is 1. The third-order valence-electron chi connectivity index (χ3n) is 3.29. The molecule has 154 valence electrons. The molecular formula is C19H34IN5O2. The average Bonchev–Trinajstić information content (AvgIpc) is 2.53. The van der Waals surface area contributed by atoms with Gasteiger partial charge in [0.1, 0.15) is 5.60 Å². The minimum Gasteiger partial charge on any atom is -0.444 e. The molecule has 8 heteroatoms. The number of alkyl carbamates (subject to hydrolysis) is 1. The molecule has 27 heavy (non-hydrogen) atoms. The SMILES string of the molecule is CN=C(NCCNC(=O)OC(C)(C)C)NCc1ccc(CN(C)C)cc1.I. The number of carbonyl (C=O) groups excluding carboxylic acids is 1. The number of carbonyl (C=O) groups is 1. The fourth-order valence-corrected chi connectivity index (χ4v) is 2.19. The molecule has 0 atom stereocenters. The molecule has 1 rings (SSSR count). The van der Waals surface area contributed by atoms with Crippen molar-refractivity contribution in [2.45, 2.75) is 39.5 Å². The lowest BCUT2D eigenvalue weighted by molar-refractivity contribution is 0.0529. The average molecular weight is 491 g/mol. The minimum atomic E-state index is -0.489. The van der Waals surface area contributed by atoms with Crippen LogP contribution >= 0.6 is 24.0 Å². The maximum atomic E-state index is 11.6. The third kappa shape index (κ3) is 12.5. The van der Waals surface area contributed by atoms with Crippen molar-refractivity contribution in [2.24, 2.45) is 4.99 Å². The highest BCUT2D eigenvalue weighted by atomic mass is 127. The highest BCUT2D eigenvalue weighted by Crippen LogP contribution is 2.06. The van der Waals surface area contributed by atoms with Crippen molar-refractivity contribution in [3.8, 4) is 0 Å². The van der Waals surface area contributed by atoms with Gasteiger partial charge in [-0.1, -0.05) is 24.3 Å². The lowest BCUT2D eigenvalue weighted by atomic mass is 10.1. The number of aliphatic imine (C=N–C) groups is 1. The summed E-state index contributed by atoms with van der Waals surface area (Å²) < 4.78 is 5.18. The zero-order chi connectivity index (χ0) is 19.6. The van der Waals surface area contributed by atoms with Crippen LogP contribution in [0.15, 0.2) is 29.3 Å². The second kappa shape index (κ2) is 12.8.